The van der Waals surface area contributed by atoms with Gasteiger partial charge in [0.15, 0.2) is 0 Å². The molecule has 0 aliphatic carbocycles. The molecule has 2 aromatic rings. The normalized spacial score (nSPS) is 10.2. The monoisotopic (exact) mass is 214 g/mol. The van der Waals surface area contributed by atoms with Crippen molar-refractivity contribution in [2.45, 2.75) is 19.9 Å². The number of para-hydroxylation sites is 2. The van der Waals surface area contributed by atoms with Crippen LogP contribution in [0.5, 0.6) is 0 Å². The van der Waals surface area contributed by atoms with E-state index in [1.54, 1.807) is 0 Å². The fourth-order valence-corrected chi connectivity index (χ4v) is 1.68. The highest BCUT2D eigenvalue weighted by molar-refractivity contribution is 5.78. The maximum atomic E-state index is 8.82. The summed E-state index contributed by atoms with van der Waals surface area (Å²) in [6, 6.07) is 10.0. The lowest BCUT2D eigenvalue weighted by Crippen LogP contribution is -2.07. The Kier molecular flexibility index (Phi) is 3.06. The quantitative estimate of drug-likeness (QED) is 0.850. The lowest BCUT2D eigenvalue weighted by atomic mass is 10.3. The molecular formula is C12H14N4. The first kappa shape index (κ1) is 10.5. The number of hydrogen-bond donors (Lipinski definition) is 1. The van der Waals surface area contributed by atoms with Gasteiger partial charge in [0.25, 0.3) is 0 Å². The number of fused-ring (bicyclic) bond motifs is 1. The highest BCUT2D eigenvalue weighted by Gasteiger charge is 2.08. The Hall–Kier alpha value is -2.02. The molecule has 0 aliphatic heterocycles. The number of anilines is 1. The molecule has 1 aromatic heterocycles. The summed E-state index contributed by atoms with van der Waals surface area (Å²) in [7, 11) is 0. The van der Waals surface area contributed by atoms with Crippen LogP contribution < -0.4 is 5.32 Å². The Balaban J connectivity index is 2.46. The molecule has 82 valence electrons. The number of aromatic nitrogens is 2. The maximum absolute atomic E-state index is 8.82. The summed E-state index contributed by atoms with van der Waals surface area (Å²) in [5, 5.41) is 12.1. The van der Waals surface area contributed by atoms with Crippen LogP contribution in [0, 0.1) is 11.3 Å². The van der Waals surface area contributed by atoms with Crippen LogP contribution in [-0.4, -0.2) is 16.1 Å². The number of rotatable bonds is 4. The van der Waals surface area contributed by atoms with Crippen LogP contribution in [-0.2, 0) is 6.54 Å². The van der Waals surface area contributed by atoms with Gasteiger partial charge in [0.1, 0.15) is 6.54 Å². The third-order valence-electron chi connectivity index (χ3n) is 2.42. The lowest BCUT2D eigenvalue weighted by molar-refractivity contribution is 0.844. The summed E-state index contributed by atoms with van der Waals surface area (Å²) < 4.78 is 1.91. The first-order valence-corrected chi connectivity index (χ1v) is 5.43. The Bertz CT molecular complexity index is 521. The molecule has 4 nitrogen and oxygen atoms in total. The second-order valence-corrected chi connectivity index (χ2v) is 3.60. The van der Waals surface area contributed by atoms with Crippen molar-refractivity contribution in [3.8, 4) is 6.07 Å². The van der Waals surface area contributed by atoms with E-state index in [4.69, 9.17) is 5.26 Å². The minimum Gasteiger partial charge on any atom is -0.356 e. The zero-order valence-electron chi connectivity index (χ0n) is 9.27. The number of benzene rings is 1. The Morgan fingerprint density at radius 3 is 3.00 bits per heavy atom. The highest BCUT2D eigenvalue weighted by atomic mass is 15.2. The maximum Gasteiger partial charge on any atom is 0.204 e. The summed E-state index contributed by atoms with van der Waals surface area (Å²) in [5.74, 6) is 0.782. The number of nitrogens with zero attached hydrogens (tertiary/aromatic N) is 3. The van der Waals surface area contributed by atoms with E-state index in [1.165, 1.54) is 0 Å². The molecule has 0 saturated heterocycles. The van der Waals surface area contributed by atoms with Crippen molar-refractivity contribution in [2.75, 3.05) is 11.9 Å². The van der Waals surface area contributed by atoms with Gasteiger partial charge in [0.05, 0.1) is 17.1 Å². The van der Waals surface area contributed by atoms with Gasteiger partial charge in [-0.15, -0.1) is 0 Å². The third kappa shape index (κ3) is 1.84. The van der Waals surface area contributed by atoms with Crippen LogP contribution in [0.25, 0.3) is 11.0 Å². The Labute approximate surface area is 94.5 Å². The molecule has 0 unspecified atom stereocenters. The molecule has 1 aromatic carbocycles. The number of hydrogen-bond acceptors (Lipinski definition) is 3. The van der Waals surface area contributed by atoms with E-state index < -0.39 is 0 Å². The Morgan fingerprint density at radius 2 is 2.25 bits per heavy atom. The van der Waals surface area contributed by atoms with Crippen molar-refractivity contribution in [1.82, 2.24) is 9.55 Å². The standard InChI is InChI=1S/C12H14N4/c1-2-8-14-12-15-10-5-3-4-6-11(10)16(12)9-7-13/h3-6H,2,8-9H2,1H3,(H,14,15). The summed E-state index contributed by atoms with van der Waals surface area (Å²) in [6.45, 7) is 3.30. The predicted octanol–water partition coefficient (Wildman–Crippen LogP) is 2.38. The van der Waals surface area contributed by atoms with E-state index in [9.17, 15) is 0 Å². The second-order valence-electron chi connectivity index (χ2n) is 3.60. The molecule has 1 heterocycles. The topological polar surface area (TPSA) is 53.6 Å². The molecule has 0 bridgehead atoms. The summed E-state index contributed by atoms with van der Waals surface area (Å²) >= 11 is 0. The van der Waals surface area contributed by atoms with Gasteiger partial charge in [-0.2, -0.15) is 5.26 Å². The Morgan fingerprint density at radius 1 is 1.44 bits per heavy atom. The molecule has 0 atom stereocenters. The average Bonchev–Trinajstić information content (AvgIpc) is 2.66. The van der Waals surface area contributed by atoms with Gasteiger partial charge in [-0.25, -0.2) is 4.98 Å². The number of nitriles is 1. The highest BCUT2D eigenvalue weighted by Crippen LogP contribution is 2.18. The van der Waals surface area contributed by atoms with Crippen molar-refractivity contribution in [3.05, 3.63) is 24.3 Å². The van der Waals surface area contributed by atoms with Crippen molar-refractivity contribution in [2.24, 2.45) is 0 Å². The molecule has 0 fully saturated rings. The van der Waals surface area contributed by atoms with Gasteiger partial charge in [0, 0.05) is 6.54 Å². The fourth-order valence-electron chi connectivity index (χ4n) is 1.68. The zero-order chi connectivity index (χ0) is 11.4. The fraction of sp³-hybridized carbons (Fsp3) is 0.333. The number of imidazole rings is 1. The van der Waals surface area contributed by atoms with Gasteiger partial charge < -0.3 is 5.32 Å². The van der Waals surface area contributed by atoms with Crippen LogP contribution >= 0.6 is 0 Å². The van der Waals surface area contributed by atoms with Crippen LogP contribution in [0.15, 0.2) is 24.3 Å². The van der Waals surface area contributed by atoms with Crippen molar-refractivity contribution < 1.29 is 0 Å². The molecule has 0 radical (unpaired) electrons. The van der Waals surface area contributed by atoms with E-state index in [0.717, 1.165) is 29.9 Å². The largest absolute Gasteiger partial charge is 0.356 e. The smallest absolute Gasteiger partial charge is 0.204 e. The zero-order valence-corrected chi connectivity index (χ0v) is 9.27. The van der Waals surface area contributed by atoms with Crippen LogP contribution in [0.2, 0.25) is 0 Å². The molecule has 0 amide bonds. The van der Waals surface area contributed by atoms with Crippen LogP contribution in [0.4, 0.5) is 5.95 Å². The second kappa shape index (κ2) is 4.67. The summed E-state index contributed by atoms with van der Waals surface area (Å²) in [6.07, 6.45) is 1.04. The van der Waals surface area contributed by atoms with E-state index in [0.29, 0.717) is 6.54 Å². The molecular weight excluding hydrogens is 200 g/mol. The minimum absolute atomic E-state index is 0.326. The molecule has 2 rings (SSSR count). The first-order chi connectivity index (χ1) is 7.86. The molecule has 1 N–H and O–H groups in total. The molecule has 16 heavy (non-hydrogen) atoms. The predicted molar refractivity (Wildman–Crippen MR) is 64.1 cm³/mol. The van der Waals surface area contributed by atoms with Crippen LogP contribution in [0.1, 0.15) is 13.3 Å². The van der Waals surface area contributed by atoms with Crippen molar-refractivity contribution in [3.63, 3.8) is 0 Å². The third-order valence-corrected chi connectivity index (χ3v) is 2.42. The molecule has 4 heteroatoms. The van der Waals surface area contributed by atoms with Gasteiger partial charge in [-0.05, 0) is 18.6 Å². The van der Waals surface area contributed by atoms with E-state index in [2.05, 4.69) is 23.3 Å². The van der Waals surface area contributed by atoms with E-state index in [1.807, 2.05) is 28.8 Å². The van der Waals surface area contributed by atoms with Crippen molar-refractivity contribution in [1.29, 1.82) is 5.26 Å². The van der Waals surface area contributed by atoms with Crippen molar-refractivity contribution >= 4 is 17.0 Å². The average molecular weight is 214 g/mol. The molecule has 0 spiro atoms. The summed E-state index contributed by atoms with van der Waals surface area (Å²) in [5.41, 5.74) is 1.93. The summed E-state index contributed by atoms with van der Waals surface area (Å²) in [4.78, 5) is 4.47. The van der Waals surface area contributed by atoms with Gasteiger partial charge in [-0.1, -0.05) is 19.1 Å². The van der Waals surface area contributed by atoms with Gasteiger partial charge >= 0.3 is 0 Å². The molecule has 0 aliphatic rings. The SMILES string of the molecule is CCCNc1nc2ccccc2n1CC#N. The van der Waals surface area contributed by atoms with Crippen LogP contribution in [0.3, 0.4) is 0 Å². The molecule has 0 saturated carbocycles. The van der Waals surface area contributed by atoms with Gasteiger partial charge in [0.2, 0.25) is 5.95 Å². The number of nitrogens with one attached hydrogen (secondary N) is 1. The first-order valence-electron chi connectivity index (χ1n) is 5.43. The lowest BCUT2D eigenvalue weighted by Gasteiger charge is -2.05. The van der Waals surface area contributed by atoms with E-state index >= 15 is 0 Å². The van der Waals surface area contributed by atoms with Gasteiger partial charge in [-0.3, -0.25) is 4.57 Å². The van der Waals surface area contributed by atoms with E-state index in [-0.39, 0.29) is 0 Å². The minimum atomic E-state index is 0.326.